The molecule has 26 heavy (non-hydrogen) atoms. The number of aromatic nitrogens is 2. The Hall–Kier alpha value is -3.16. The van der Waals surface area contributed by atoms with Crippen molar-refractivity contribution in [1.82, 2.24) is 14.7 Å². The van der Waals surface area contributed by atoms with Gasteiger partial charge in [0, 0.05) is 37.7 Å². The van der Waals surface area contributed by atoms with Crippen LogP contribution in [0, 0.1) is 5.92 Å². The van der Waals surface area contributed by atoms with Crippen molar-refractivity contribution in [3.05, 3.63) is 47.7 Å². The van der Waals surface area contributed by atoms with E-state index in [4.69, 9.17) is 5.73 Å². The van der Waals surface area contributed by atoms with E-state index in [1.807, 2.05) is 6.07 Å². The zero-order chi connectivity index (χ0) is 18.7. The standard InChI is InChI=1S/C18H21N5O3/c1-22-15(20-17(25)13-5-3-2-4-6-13)11-14(21-22)18(26)23-9-7-12(8-10-23)16(19)24/h2-6,11-12H,7-10H2,1H3,(H2,19,24)(H,20,25). The maximum absolute atomic E-state index is 12.6. The Morgan fingerprint density at radius 3 is 2.42 bits per heavy atom. The molecule has 0 bridgehead atoms. The number of nitrogens with zero attached hydrogens (tertiary/aromatic N) is 3. The van der Waals surface area contributed by atoms with Crippen LogP contribution in [0.25, 0.3) is 0 Å². The third kappa shape index (κ3) is 3.74. The number of carbonyl (C=O) groups excluding carboxylic acids is 3. The van der Waals surface area contributed by atoms with E-state index in [9.17, 15) is 14.4 Å². The predicted molar refractivity (Wildman–Crippen MR) is 95.4 cm³/mol. The van der Waals surface area contributed by atoms with E-state index in [1.165, 1.54) is 4.68 Å². The van der Waals surface area contributed by atoms with Gasteiger partial charge >= 0.3 is 0 Å². The lowest BCUT2D eigenvalue weighted by atomic mass is 9.96. The van der Waals surface area contributed by atoms with Crippen molar-refractivity contribution in [1.29, 1.82) is 0 Å². The zero-order valence-corrected chi connectivity index (χ0v) is 14.5. The first-order chi connectivity index (χ1) is 12.5. The molecule has 0 saturated carbocycles. The highest BCUT2D eigenvalue weighted by molar-refractivity contribution is 6.04. The molecule has 0 unspecified atom stereocenters. The van der Waals surface area contributed by atoms with Gasteiger partial charge < -0.3 is 16.0 Å². The number of hydrogen-bond donors (Lipinski definition) is 2. The summed E-state index contributed by atoms with van der Waals surface area (Å²) in [5, 5.41) is 6.96. The van der Waals surface area contributed by atoms with Crippen LogP contribution >= 0.6 is 0 Å². The van der Waals surface area contributed by atoms with Crippen molar-refractivity contribution in [2.75, 3.05) is 18.4 Å². The SMILES string of the molecule is Cn1nc(C(=O)N2CCC(C(N)=O)CC2)cc1NC(=O)c1ccccc1. The summed E-state index contributed by atoms with van der Waals surface area (Å²) in [6.45, 7) is 0.934. The van der Waals surface area contributed by atoms with E-state index in [1.54, 1.807) is 42.3 Å². The monoisotopic (exact) mass is 355 g/mol. The second kappa shape index (κ2) is 7.38. The molecule has 1 aromatic heterocycles. The fourth-order valence-corrected chi connectivity index (χ4v) is 3.00. The van der Waals surface area contributed by atoms with Gasteiger partial charge in [0.2, 0.25) is 5.91 Å². The van der Waals surface area contributed by atoms with Crippen molar-refractivity contribution in [3.8, 4) is 0 Å². The second-order valence-corrected chi connectivity index (χ2v) is 6.33. The smallest absolute Gasteiger partial charge is 0.274 e. The lowest BCUT2D eigenvalue weighted by Crippen LogP contribution is -2.41. The normalized spacial score (nSPS) is 14.9. The molecule has 0 aliphatic carbocycles. The number of hydrogen-bond acceptors (Lipinski definition) is 4. The minimum Gasteiger partial charge on any atom is -0.369 e. The number of likely N-dealkylation sites (tertiary alicyclic amines) is 1. The number of anilines is 1. The van der Waals surface area contributed by atoms with Gasteiger partial charge in [-0.25, -0.2) is 0 Å². The Morgan fingerprint density at radius 2 is 1.81 bits per heavy atom. The summed E-state index contributed by atoms with van der Waals surface area (Å²) < 4.78 is 1.46. The first kappa shape index (κ1) is 17.7. The number of benzene rings is 1. The predicted octanol–water partition coefficient (Wildman–Crippen LogP) is 1.01. The fourth-order valence-electron chi connectivity index (χ4n) is 3.00. The first-order valence-corrected chi connectivity index (χ1v) is 8.44. The third-order valence-corrected chi connectivity index (χ3v) is 4.56. The van der Waals surface area contributed by atoms with E-state index < -0.39 is 0 Å². The molecule has 1 fully saturated rings. The van der Waals surface area contributed by atoms with Crippen molar-refractivity contribution in [3.63, 3.8) is 0 Å². The van der Waals surface area contributed by atoms with Crippen LogP contribution in [0.15, 0.2) is 36.4 Å². The number of primary amides is 1. The summed E-state index contributed by atoms with van der Waals surface area (Å²) >= 11 is 0. The number of aryl methyl sites for hydroxylation is 1. The lowest BCUT2D eigenvalue weighted by molar-refractivity contribution is -0.123. The summed E-state index contributed by atoms with van der Waals surface area (Å²) in [5.41, 5.74) is 6.10. The van der Waals surface area contributed by atoms with Crippen molar-refractivity contribution < 1.29 is 14.4 Å². The maximum atomic E-state index is 12.6. The second-order valence-electron chi connectivity index (χ2n) is 6.33. The summed E-state index contributed by atoms with van der Waals surface area (Å²) in [5.74, 6) is -0.544. The van der Waals surface area contributed by atoms with E-state index in [-0.39, 0.29) is 29.3 Å². The quantitative estimate of drug-likeness (QED) is 0.853. The molecule has 1 saturated heterocycles. The largest absolute Gasteiger partial charge is 0.369 e. The number of piperidine rings is 1. The van der Waals surface area contributed by atoms with Crippen LogP contribution in [0.5, 0.6) is 0 Å². The molecule has 8 heteroatoms. The van der Waals surface area contributed by atoms with Gasteiger partial charge in [-0.15, -0.1) is 0 Å². The Labute approximate surface area is 151 Å². The Morgan fingerprint density at radius 1 is 1.15 bits per heavy atom. The van der Waals surface area contributed by atoms with Gasteiger partial charge in [-0.3, -0.25) is 19.1 Å². The molecule has 3 amide bonds. The average molecular weight is 355 g/mol. The van der Waals surface area contributed by atoms with Gasteiger partial charge in [-0.05, 0) is 25.0 Å². The van der Waals surface area contributed by atoms with Gasteiger partial charge in [0.1, 0.15) is 5.82 Å². The number of nitrogens with one attached hydrogen (secondary N) is 1. The number of carbonyl (C=O) groups is 3. The molecule has 3 rings (SSSR count). The molecule has 0 atom stereocenters. The van der Waals surface area contributed by atoms with E-state index in [2.05, 4.69) is 10.4 Å². The molecule has 3 N–H and O–H groups in total. The number of rotatable bonds is 4. The number of nitrogens with two attached hydrogens (primary N) is 1. The molecule has 1 aliphatic heterocycles. The molecular weight excluding hydrogens is 334 g/mol. The minimum absolute atomic E-state index is 0.177. The number of amides is 3. The summed E-state index contributed by atoms with van der Waals surface area (Å²) in [7, 11) is 1.66. The van der Waals surface area contributed by atoms with Crippen molar-refractivity contribution in [2.24, 2.45) is 18.7 Å². The van der Waals surface area contributed by atoms with Gasteiger partial charge in [-0.2, -0.15) is 5.10 Å². The van der Waals surface area contributed by atoms with Gasteiger partial charge in [0.15, 0.2) is 5.69 Å². The lowest BCUT2D eigenvalue weighted by Gasteiger charge is -2.29. The van der Waals surface area contributed by atoms with E-state index >= 15 is 0 Å². The highest BCUT2D eigenvalue weighted by Crippen LogP contribution is 2.19. The molecule has 1 aliphatic rings. The fraction of sp³-hybridized carbons (Fsp3) is 0.333. The highest BCUT2D eigenvalue weighted by atomic mass is 16.2. The molecule has 136 valence electrons. The van der Waals surface area contributed by atoms with Crippen LogP contribution in [0.3, 0.4) is 0 Å². The van der Waals surface area contributed by atoms with Crippen molar-refractivity contribution in [2.45, 2.75) is 12.8 Å². The molecule has 2 aromatic rings. The zero-order valence-electron chi connectivity index (χ0n) is 14.5. The van der Waals surface area contributed by atoms with Crippen LogP contribution in [-0.4, -0.2) is 45.5 Å². The van der Waals surface area contributed by atoms with E-state index in [0.717, 1.165) is 0 Å². The van der Waals surface area contributed by atoms with Crippen LogP contribution in [0.2, 0.25) is 0 Å². The Balaban J connectivity index is 1.67. The third-order valence-electron chi connectivity index (χ3n) is 4.56. The summed E-state index contributed by atoms with van der Waals surface area (Å²) in [6.07, 6.45) is 1.12. The Bertz CT molecular complexity index is 823. The maximum Gasteiger partial charge on any atom is 0.274 e. The Kier molecular flexibility index (Phi) is 5.01. The molecule has 1 aromatic carbocycles. The molecule has 8 nitrogen and oxygen atoms in total. The molecular formula is C18H21N5O3. The highest BCUT2D eigenvalue weighted by Gasteiger charge is 2.28. The van der Waals surface area contributed by atoms with Crippen LogP contribution in [0.1, 0.15) is 33.7 Å². The van der Waals surface area contributed by atoms with Gasteiger partial charge in [0.05, 0.1) is 0 Å². The van der Waals surface area contributed by atoms with Crippen LogP contribution in [-0.2, 0) is 11.8 Å². The van der Waals surface area contributed by atoms with Gasteiger partial charge in [-0.1, -0.05) is 18.2 Å². The van der Waals surface area contributed by atoms with Gasteiger partial charge in [0.25, 0.3) is 11.8 Å². The van der Waals surface area contributed by atoms with Crippen molar-refractivity contribution >= 4 is 23.5 Å². The van der Waals surface area contributed by atoms with E-state index in [0.29, 0.717) is 37.3 Å². The average Bonchev–Trinajstić information content (AvgIpc) is 3.02. The minimum atomic E-state index is -0.319. The molecule has 0 spiro atoms. The summed E-state index contributed by atoms with van der Waals surface area (Å²) in [6, 6.07) is 10.4. The molecule has 2 heterocycles. The van der Waals surface area contributed by atoms with Crippen LogP contribution < -0.4 is 11.1 Å². The van der Waals surface area contributed by atoms with Crippen LogP contribution in [0.4, 0.5) is 5.82 Å². The first-order valence-electron chi connectivity index (χ1n) is 8.44. The topological polar surface area (TPSA) is 110 Å². The summed E-state index contributed by atoms with van der Waals surface area (Å²) in [4.78, 5) is 37.8. The molecule has 0 radical (unpaired) electrons.